The Morgan fingerprint density at radius 3 is 3.06 bits per heavy atom. The highest BCUT2D eigenvalue weighted by Crippen LogP contribution is 2.21. The molecule has 0 saturated heterocycles. The number of nitro groups is 1. The molecule has 0 spiro atoms. The average molecular weight is 222 g/mol. The van der Waals surface area contributed by atoms with Crippen LogP contribution < -0.4 is 5.32 Å². The minimum absolute atomic E-state index is 0.186. The van der Waals surface area contributed by atoms with Crippen LogP contribution in [0.3, 0.4) is 0 Å². The van der Waals surface area contributed by atoms with E-state index in [0.29, 0.717) is 18.2 Å². The van der Waals surface area contributed by atoms with Crippen LogP contribution in [-0.2, 0) is 13.6 Å². The number of nitrogens with zero attached hydrogens (tertiary/aromatic N) is 4. The van der Waals surface area contributed by atoms with Crippen molar-refractivity contribution in [2.75, 3.05) is 5.32 Å². The van der Waals surface area contributed by atoms with Crippen molar-refractivity contribution >= 4 is 11.6 Å². The number of hydrogen-bond donors (Lipinski definition) is 2. The van der Waals surface area contributed by atoms with E-state index in [1.165, 1.54) is 6.33 Å². The summed E-state index contributed by atoms with van der Waals surface area (Å²) in [5.74, 6) is 0.881. The zero-order valence-electron chi connectivity index (χ0n) is 8.54. The van der Waals surface area contributed by atoms with Gasteiger partial charge in [-0.15, -0.1) is 0 Å². The highest BCUT2D eigenvalue weighted by molar-refractivity contribution is 5.51. The topological polar surface area (TPSA) is 102 Å². The molecule has 0 saturated carbocycles. The molecule has 8 heteroatoms. The van der Waals surface area contributed by atoms with Gasteiger partial charge in [0.25, 0.3) is 0 Å². The molecule has 2 rings (SSSR count). The third kappa shape index (κ3) is 1.85. The molecule has 2 aromatic rings. The van der Waals surface area contributed by atoms with Gasteiger partial charge in [0.2, 0.25) is 12.1 Å². The number of rotatable bonds is 4. The molecular formula is C8H10N6O2. The fourth-order valence-corrected chi connectivity index (χ4v) is 1.32. The van der Waals surface area contributed by atoms with Crippen molar-refractivity contribution < 1.29 is 4.92 Å². The zero-order valence-corrected chi connectivity index (χ0v) is 8.54. The van der Waals surface area contributed by atoms with E-state index in [1.54, 1.807) is 24.0 Å². The summed E-state index contributed by atoms with van der Waals surface area (Å²) in [5, 5.41) is 13.6. The lowest BCUT2D eigenvalue weighted by Gasteiger charge is -2.03. The van der Waals surface area contributed by atoms with E-state index in [0.717, 1.165) is 0 Å². The second kappa shape index (κ2) is 4.01. The monoisotopic (exact) mass is 222 g/mol. The summed E-state index contributed by atoms with van der Waals surface area (Å²) in [6, 6.07) is 0. The van der Waals surface area contributed by atoms with Gasteiger partial charge in [-0.1, -0.05) is 0 Å². The lowest BCUT2D eigenvalue weighted by Crippen LogP contribution is -2.06. The summed E-state index contributed by atoms with van der Waals surface area (Å²) < 4.78 is 1.56. The maximum Gasteiger partial charge on any atom is 0.406 e. The predicted molar refractivity (Wildman–Crippen MR) is 55.8 cm³/mol. The Labute approximate surface area is 90.5 Å². The van der Waals surface area contributed by atoms with Crippen LogP contribution in [0.5, 0.6) is 0 Å². The lowest BCUT2D eigenvalue weighted by atomic mass is 10.5. The van der Waals surface area contributed by atoms with Gasteiger partial charge >= 0.3 is 5.82 Å². The fourth-order valence-electron chi connectivity index (χ4n) is 1.32. The van der Waals surface area contributed by atoms with Gasteiger partial charge in [0.05, 0.1) is 6.54 Å². The first-order valence-electron chi connectivity index (χ1n) is 4.56. The van der Waals surface area contributed by atoms with E-state index in [4.69, 9.17) is 0 Å². The Morgan fingerprint density at radius 1 is 1.62 bits per heavy atom. The molecule has 0 aliphatic heterocycles. The molecular weight excluding hydrogens is 212 g/mol. The number of H-pyrrole nitrogens is 1. The van der Waals surface area contributed by atoms with Gasteiger partial charge < -0.3 is 20.4 Å². The van der Waals surface area contributed by atoms with Gasteiger partial charge in [-0.05, 0) is 9.91 Å². The maximum absolute atomic E-state index is 10.7. The molecule has 0 aliphatic rings. The summed E-state index contributed by atoms with van der Waals surface area (Å²) in [4.78, 5) is 20.7. The highest BCUT2D eigenvalue weighted by Gasteiger charge is 2.19. The summed E-state index contributed by atoms with van der Waals surface area (Å²) in [6.45, 7) is 0.382. The summed E-state index contributed by atoms with van der Waals surface area (Å²) in [5.41, 5.74) is 0. The summed E-state index contributed by atoms with van der Waals surface area (Å²) in [6.07, 6.45) is 4.70. The Kier molecular flexibility index (Phi) is 2.54. The number of nitrogens with one attached hydrogen (secondary N) is 2. The van der Waals surface area contributed by atoms with Crippen LogP contribution in [0.1, 0.15) is 5.82 Å². The Morgan fingerprint density at radius 2 is 2.44 bits per heavy atom. The Bertz CT molecular complexity index is 489. The highest BCUT2D eigenvalue weighted by atomic mass is 16.6. The second-order valence-electron chi connectivity index (χ2n) is 3.17. The first kappa shape index (κ1) is 10.1. The molecule has 16 heavy (non-hydrogen) atoms. The summed E-state index contributed by atoms with van der Waals surface area (Å²) in [7, 11) is 1.68. The SMILES string of the molecule is Cn1cnc([N+](=O)[O-])c1NCc1ncc[nH]1. The molecule has 0 aliphatic carbocycles. The molecule has 0 unspecified atom stereocenters. The number of anilines is 1. The predicted octanol–water partition coefficient (Wildman–Crippen LogP) is 0.663. The molecule has 0 fully saturated rings. The second-order valence-corrected chi connectivity index (χ2v) is 3.17. The molecule has 8 nitrogen and oxygen atoms in total. The fraction of sp³-hybridized carbons (Fsp3) is 0.250. The van der Waals surface area contributed by atoms with Crippen molar-refractivity contribution in [1.29, 1.82) is 0 Å². The van der Waals surface area contributed by atoms with Crippen LogP contribution in [0.2, 0.25) is 0 Å². The molecule has 0 aromatic carbocycles. The molecule has 0 bridgehead atoms. The van der Waals surface area contributed by atoms with E-state index in [-0.39, 0.29) is 5.82 Å². The largest absolute Gasteiger partial charge is 0.406 e. The van der Waals surface area contributed by atoms with Crippen LogP contribution in [0.4, 0.5) is 11.6 Å². The van der Waals surface area contributed by atoms with Gasteiger partial charge in [-0.25, -0.2) is 4.98 Å². The average Bonchev–Trinajstić information content (AvgIpc) is 2.84. The van der Waals surface area contributed by atoms with Crippen LogP contribution in [0.25, 0.3) is 0 Å². The van der Waals surface area contributed by atoms with Crippen molar-refractivity contribution in [3.8, 4) is 0 Å². The van der Waals surface area contributed by atoms with Gasteiger partial charge in [0.15, 0.2) is 0 Å². The number of aromatic nitrogens is 4. The van der Waals surface area contributed by atoms with Gasteiger partial charge in [-0.2, -0.15) is 0 Å². The summed E-state index contributed by atoms with van der Waals surface area (Å²) >= 11 is 0. The minimum Gasteiger partial charge on any atom is -0.358 e. The molecule has 0 atom stereocenters. The molecule has 0 amide bonds. The Balaban J connectivity index is 2.14. The first-order chi connectivity index (χ1) is 7.68. The maximum atomic E-state index is 10.7. The Hall–Kier alpha value is -2.38. The van der Waals surface area contributed by atoms with E-state index < -0.39 is 4.92 Å². The number of aryl methyl sites for hydroxylation is 1. The van der Waals surface area contributed by atoms with Gasteiger partial charge in [-0.3, -0.25) is 4.57 Å². The molecule has 2 aromatic heterocycles. The van der Waals surface area contributed by atoms with Crippen LogP contribution in [-0.4, -0.2) is 24.4 Å². The minimum atomic E-state index is -0.523. The quantitative estimate of drug-likeness (QED) is 0.584. The van der Waals surface area contributed by atoms with Crippen molar-refractivity contribution in [2.45, 2.75) is 6.54 Å². The smallest absolute Gasteiger partial charge is 0.358 e. The molecule has 84 valence electrons. The molecule has 2 N–H and O–H groups in total. The number of imidazole rings is 2. The number of hydrogen-bond acceptors (Lipinski definition) is 5. The van der Waals surface area contributed by atoms with Crippen molar-refractivity contribution in [1.82, 2.24) is 19.5 Å². The van der Waals surface area contributed by atoms with Crippen molar-refractivity contribution in [2.24, 2.45) is 7.05 Å². The van der Waals surface area contributed by atoms with Crippen molar-refractivity contribution in [3.05, 3.63) is 34.7 Å². The van der Waals surface area contributed by atoms with E-state index >= 15 is 0 Å². The standard InChI is InChI=1S/C8H10N6O2/c1-13-5-12-8(14(15)16)7(13)11-4-6-9-2-3-10-6/h2-3,5,11H,4H2,1H3,(H,9,10). The molecule has 0 radical (unpaired) electrons. The number of aromatic amines is 1. The van der Waals surface area contributed by atoms with E-state index in [9.17, 15) is 10.1 Å². The first-order valence-corrected chi connectivity index (χ1v) is 4.56. The van der Waals surface area contributed by atoms with Crippen LogP contribution in [0.15, 0.2) is 18.7 Å². The molecule has 2 heterocycles. The lowest BCUT2D eigenvalue weighted by molar-refractivity contribution is -0.388. The van der Waals surface area contributed by atoms with Crippen LogP contribution >= 0.6 is 0 Å². The van der Waals surface area contributed by atoms with Crippen LogP contribution in [0, 0.1) is 10.1 Å². The third-order valence-corrected chi connectivity index (χ3v) is 2.07. The third-order valence-electron chi connectivity index (χ3n) is 2.07. The van der Waals surface area contributed by atoms with E-state index in [1.807, 2.05) is 0 Å². The van der Waals surface area contributed by atoms with Gasteiger partial charge in [0.1, 0.15) is 5.82 Å². The normalized spacial score (nSPS) is 10.3. The van der Waals surface area contributed by atoms with Gasteiger partial charge in [0, 0.05) is 19.4 Å². The van der Waals surface area contributed by atoms with Crippen molar-refractivity contribution in [3.63, 3.8) is 0 Å². The zero-order chi connectivity index (χ0) is 11.5. The van der Waals surface area contributed by atoms with E-state index in [2.05, 4.69) is 20.3 Å².